The van der Waals surface area contributed by atoms with E-state index in [0.717, 1.165) is 3.93 Å². The average molecular weight is 252 g/mol. The molecular formula is C8H14BrNO3. The fourth-order valence-electron chi connectivity index (χ4n) is 0.749. The molecule has 0 fully saturated rings. The molecular weight excluding hydrogens is 238 g/mol. The quantitative estimate of drug-likeness (QED) is 0.774. The van der Waals surface area contributed by atoms with Crippen LogP contribution in [-0.2, 0) is 9.59 Å². The van der Waals surface area contributed by atoms with Crippen LogP contribution >= 0.6 is 16.1 Å². The van der Waals surface area contributed by atoms with Crippen molar-refractivity contribution in [1.82, 2.24) is 3.93 Å². The van der Waals surface area contributed by atoms with Crippen LogP contribution in [0.1, 0.15) is 27.2 Å². The summed E-state index contributed by atoms with van der Waals surface area (Å²) in [4.78, 5) is 21.8. The van der Waals surface area contributed by atoms with Gasteiger partial charge in [-0.15, -0.1) is 0 Å². The van der Waals surface area contributed by atoms with Gasteiger partial charge in [-0.2, -0.15) is 0 Å². The van der Waals surface area contributed by atoms with Crippen molar-refractivity contribution in [3.63, 3.8) is 0 Å². The molecule has 0 aromatic rings. The van der Waals surface area contributed by atoms with Gasteiger partial charge in [0.05, 0.1) is 16.1 Å². The van der Waals surface area contributed by atoms with Gasteiger partial charge in [0.2, 0.25) is 5.91 Å². The molecule has 1 amide bonds. The van der Waals surface area contributed by atoms with Crippen molar-refractivity contribution in [2.75, 3.05) is 0 Å². The normalized spacial score (nSPS) is 12.7. The molecule has 0 aliphatic rings. The van der Waals surface area contributed by atoms with Crippen LogP contribution in [0.3, 0.4) is 0 Å². The monoisotopic (exact) mass is 251 g/mol. The van der Waals surface area contributed by atoms with Crippen LogP contribution in [0.25, 0.3) is 0 Å². The molecule has 0 heterocycles. The minimum absolute atomic E-state index is 0.204. The minimum Gasteiger partial charge on any atom is -0.480 e. The van der Waals surface area contributed by atoms with Gasteiger partial charge < -0.3 is 5.11 Å². The second-order valence-electron chi connectivity index (χ2n) is 3.32. The second-order valence-corrected chi connectivity index (χ2v) is 4.08. The molecule has 0 spiro atoms. The average Bonchev–Trinajstić information content (AvgIpc) is 2.00. The zero-order valence-electron chi connectivity index (χ0n) is 7.95. The molecule has 4 nitrogen and oxygen atoms in total. The Morgan fingerprint density at radius 2 is 1.85 bits per heavy atom. The van der Waals surface area contributed by atoms with E-state index in [4.69, 9.17) is 5.11 Å². The Morgan fingerprint density at radius 3 is 2.15 bits per heavy atom. The summed E-state index contributed by atoms with van der Waals surface area (Å²) in [5.74, 6) is -0.993. The number of hydrogen-bond donors (Lipinski definition) is 1. The van der Waals surface area contributed by atoms with E-state index in [1.165, 1.54) is 6.92 Å². The van der Waals surface area contributed by atoms with E-state index in [2.05, 4.69) is 16.1 Å². The van der Waals surface area contributed by atoms with Gasteiger partial charge in [-0.3, -0.25) is 8.72 Å². The molecule has 0 aromatic heterocycles. The maximum absolute atomic E-state index is 11.3. The third kappa shape index (κ3) is 4.26. The van der Waals surface area contributed by atoms with Gasteiger partial charge >= 0.3 is 5.97 Å². The SMILES string of the molecule is CC(C)CC(=O)N(Br)[C@@H](C)C(=O)O. The van der Waals surface area contributed by atoms with Gasteiger partial charge in [-0.05, 0) is 12.8 Å². The van der Waals surface area contributed by atoms with Gasteiger partial charge in [0.25, 0.3) is 0 Å². The summed E-state index contributed by atoms with van der Waals surface area (Å²) in [6.45, 7) is 5.27. The molecule has 0 saturated carbocycles. The number of carbonyl (C=O) groups is 2. The molecule has 0 bridgehead atoms. The van der Waals surface area contributed by atoms with Crippen LogP contribution in [0.5, 0.6) is 0 Å². The topological polar surface area (TPSA) is 57.6 Å². The van der Waals surface area contributed by atoms with E-state index >= 15 is 0 Å². The lowest BCUT2D eigenvalue weighted by Gasteiger charge is -2.19. The second kappa shape index (κ2) is 5.21. The van der Waals surface area contributed by atoms with Crippen LogP contribution in [0, 0.1) is 5.92 Å². The summed E-state index contributed by atoms with van der Waals surface area (Å²) in [6, 6.07) is -0.828. The number of hydrogen-bond acceptors (Lipinski definition) is 2. The first-order valence-corrected chi connectivity index (χ1v) is 4.77. The van der Waals surface area contributed by atoms with Crippen LogP contribution in [0.15, 0.2) is 0 Å². The maximum atomic E-state index is 11.3. The summed E-state index contributed by atoms with van der Waals surface area (Å²) < 4.78 is 1.08. The number of carboxylic acid groups (broad SMARTS) is 1. The van der Waals surface area contributed by atoms with Gasteiger partial charge in [-0.25, -0.2) is 4.79 Å². The van der Waals surface area contributed by atoms with Crippen LogP contribution in [-0.4, -0.2) is 27.0 Å². The first-order valence-electron chi connectivity index (χ1n) is 4.07. The zero-order valence-corrected chi connectivity index (χ0v) is 9.54. The predicted molar refractivity (Wildman–Crippen MR) is 52.3 cm³/mol. The third-order valence-electron chi connectivity index (χ3n) is 1.52. The van der Waals surface area contributed by atoms with E-state index in [-0.39, 0.29) is 11.8 Å². The highest BCUT2D eigenvalue weighted by atomic mass is 79.9. The molecule has 0 aromatic carbocycles. The third-order valence-corrected chi connectivity index (χ3v) is 2.53. The molecule has 0 aliphatic heterocycles. The highest BCUT2D eigenvalue weighted by Crippen LogP contribution is 2.12. The highest BCUT2D eigenvalue weighted by Gasteiger charge is 2.23. The Hall–Kier alpha value is -0.580. The number of carboxylic acids is 1. The molecule has 0 unspecified atom stereocenters. The Kier molecular flexibility index (Phi) is 4.98. The number of nitrogens with zero attached hydrogens (tertiary/aromatic N) is 1. The van der Waals surface area contributed by atoms with Crippen molar-refractivity contribution < 1.29 is 14.7 Å². The van der Waals surface area contributed by atoms with Gasteiger partial charge in [0.15, 0.2) is 0 Å². The molecule has 13 heavy (non-hydrogen) atoms. The summed E-state index contributed by atoms with van der Waals surface area (Å²) in [5.41, 5.74) is 0. The zero-order chi connectivity index (χ0) is 10.6. The van der Waals surface area contributed by atoms with Crippen LogP contribution in [0.2, 0.25) is 0 Å². The molecule has 1 N–H and O–H groups in total. The van der Waals surface area contributed by atoms with Crippen molar-refractivity contribution in [2.45, 2.75) is 33.2 Å². The van der Waals surface area contributed by atoms with E-state index in [1.54, 1.807) is 0 Å². The standard InChI is InChI=1S/C8H14BrNO3/c1-5(2)4-7(11)10(9)6(3)8(12)13/h5-6H,4H2,1-3H3,(H,12,13)/t6-/m0/s1. The molecule has 0 saturated heterocycles. The van der Waals surface area contributed by atoms with Crippen molar-refractivity contribution in [2.24, 2.45) is 5.92 Å². The lowest BCUT2D eigenvalue weighted by molar-refractivity contribution is -0.144. The largest absolute Gasteiger partial charge is 0.480 e. The summed E-state index contributed by atoms with van der Waals surface area (Å²) >= 11 is 2.94. The van der Waals surface area contributed by atoms with E-state index in [9.17, 15) is 9.59 Å². The van der Waals surface area contributed by atoms with Gasteiger partial charge in [0, 0.05) is 6.42 Å². The summed E-state index contributed by atoms with van der Waals surface area (Å²) in [6.07, 6.45) is 0.350. The van der Waals surface area contributed by atoms with Crippen LogP contribution in [0.4, 0.5) is 0 Å². The minimum atomic E-state index is -1.02. The smallest absolute Gasteiger partial charge is 0.327 e. The lowest BCUT2D eigenvalue weighted by Crippen LogP contribution is -2.36. The van der Waals surface area contributed by atoms with Crippen molar-refractivity contribution in [1.29, 1.82) is 0 Å². The fraction of sp³-hybridized carbons (Fsp3) is 0.750. The molecule has 0 rings (SSSR count). The molecule has 1 atom stereocenters. The maximum Gasteiger partial charge on any atom is 0.327 e. The number of amides is 1. The van der Waals surface area contributed by atoms with E-state index < -0.39 is 12.0 Å². The van der Waals surface area contributed by atoms with Crippen LogP contribution < -0.4 is 0 Å². The Labute approximate surface area is 86.2 Å². The molecule has 76 valence electrons. The Morgan fingerprint density at radius 1 is 1.38 bits per heavy atom. The lowest BCUT2D eigenvalue weighted by atomic mass is 10.1. The van der Waals surface area contributed by atoms with E-state index in [1.807, 2.05) is 13.8 Å². The van der Waals surface area contributed by atoms with E-state index in [0.29, 0.717) is 6.42 Å². The van der Waals surface area contributed by atoms with Gasteiger partial charge in [0.1, 0.15) is 6.04 Å². The molecule has 0 radical (unpaired) electrons. The Balaban J connectivity index is 4.17. The van der Waals surface area contributed by atoms with Crippen molar-refractivity contribution in [3.8, 4) is 0 Å². The van der Waals surface area contributed by atoms with Crippen molar-refractivity contribution in [3.05, 3.63) is 0 Å². The number of halogens is 1. The first-order chi connectivity index (χ1) is 5.86. The number of carbonyl (C=O) groups excluding carboxylic acids is 1. The predicted octanol–water partition coefficient (Wildman–Crippen LogP) is 1.64. The highest BCUT2D eigenvalue weighted by molar-refractivity contribution is 9.07. The Bertz CT molecular complexity index is 206. The molecule has 0 aliphatic carbocycles. The first kappa shape index (κ1) is 12.4. The number of aliphatic carboxylic acids is 1. The molecule has 5 heteroatoms. The van der Waals surface area contributed by atoms with Crippen molar-refractivity contribution >= 4 is 28.0 Å². The van der Waals surface area contributed by atoms with Gasteiger partial charge in [-0.1, -0.05) is 13.8 Å². The summed E-state index contributed by atoms with van der Waals surface area (Å²) in [7, 11) is 0. The number of rotatable bonds is 4. The summed E-state index contributed by atoms with van der Waals surface area (Å²) in [5, 5.41) is 8.61. The fourth-order valence-corrected chi connectivity index (χ4v) is 1.07.